The van der Waals surface area contributed by atoms with Crippen LogP contribution < -0.4 is 5.30 Å². The molecule has 3 saturated heterocycles. The van der Waals surface area contributed by atoms with E-state index in [0.29, 0.717) is 11.9 Å². The fourth-order valence-corrected chi connectivity index (χ4v) is 7.73. The summed E-state index contributed by atoms with van der Waals surface area (Å²) < 4.78 is 52.2. The summed E-state index contributed by atoms with van der Waals surface area (Å²) in [6, 6.07) is 9.38. The van der Waals surface area contributed by atoms with Crippen molar-refractivity contribution in [2.24, 2.45) is 0 Å². The molecule has 182 valence electrons. The van der Waals surface area contributed by atoms with E-state index in [1.54, 1.807) is 6.66 Å². The van der Waals surface area contributed by atoms with Crippen molar-refractivity contribution in [2.75, 3.05) is 13.3 Å². The molecule has 2 saturated carbocycles. The van der Waals surface area contributed by atoms with Crippen LogP contribution in [-0.2, 0) is 32.8 Å². The van der Waals surface area contributed by atoms with Crippen LogP contribution >= 0.6 is 7.37 Å². The molecular weight excluding hydrogens is 443 g/mol. The number of ether oxygens (including phenoxy) is 5. The van der Waals surface area contributed by atoms with Gasteiger partial charge in [-0.2, -0.15) is 0 Å². The molecule has 0 bridgehead atoms. The number of hydrogen-bond acceptors (Lipinski definition) is 7. The Bertz CT molecular complexity index is 880. The second-order valence-electron chi connectivity index (χ2n) is 10.3. The van der Waals surface area contributed by atoms with Crippen molar-refractivity contribution in [1.82, 2.24) is 0 Å². The van der Waals surface area contributed by atoms with E-state index in [1.807, 2.05) is 30.3 Å². The average Bonchev–Trinajstić information content (AvgIpc) is 3.48. The highest BCUT2D eigenvalue weighted by atomic mass is 31.2. The highest BCUT2D eigenvalue weighted by Gasteiger charge is 2.62. The van der Waals surface area contributed by atoms with Crippen LogP contribution in [0.3, 0.4) is 0 Å². The van der Waals surface area contributed by atoms with E-state index in [-0.39, 0.29) is 6.10 Å². The van der Waals surface area contributed by atoms with Crippen LogP contribution in [0.1, 0.15) is 64.2 Å². The summed E-state index contributed by atoms with van der Waals surface area (Å²) in [5.41, 5.74) is 0. The summed E-state index contributed by atoms with van der Waals surface area (Å²) in [4.78, 5) is 0. The van der Waals surface area contributed by atoms with Crippen LogP contribution in [0.25, 0.3) is 0 Å². The minimum absolute atomic E-state index is 0.302. The monoisotopic (exact) mass is 478 g/mol. The van der Waals surface area contributed by atoms with Gasteiger partial charge in [0.25, 0.3) is 0 Å². The Labute approximate surface area is 195 Å². The Morgan fingerprint density at radius 3 is 2.21 bits per heavy atom. The summed E-state index contributed by atoms with van der Waals surface area (Å²) >= 11 is 0. The Kier molecular flexibility index (Phi) is 5.98. The highest BCUT2D eigenvalue weighted by Crippen LogP contribution is 2.52. The zero-order chi connectivity index (χ0) is 22.5. The predicted octanol–water partition coefficient (Wildman–Crippen LogP) is 4.48. The average molecular weight is 479 g/mol. The van der Waals surface area contributed by atoms with Crippen LogP contribution in [0.4, 0.5) is 0 Å². The second-order valence-corrected chi connectivity index (χ2v) is 12.7. The van der Waals surface area contributed by atoms with Gasteiger partial charge in [-0.1, -0.05) is 31.0 Å². The number of fused-ring (bicyclic) bond motifs is 1. The summed E-state index contributed by atoms with van der Waals surface area (Å²) in [6.07, 6.45) is 8.01. The first kappa shape index (κ1) is 22.7. The van der Waals surface area contributed by atoms with Crippen molar-refractivity contribution in [3.8, 4) is 0 Å². The summed E-state index contributed by atoms with van der Waals surface area (Å²) in [7, 11) is -3.13. The maximum Gasteiger partial charge on any atom is 0.229 e. The molecule has 0 radical (unpaired) electrons. The van der Waals surface area contributed by atoms with E-state index in [4.69, 9.17) is 28.2 Å². The predicted molar refractivity (Wildman–Crippen MR) is 122 cm³/mol. The van der Waals surface area contributed by atoms with Crippen molar-refractivity contribution in [3.63, 3.8) is 0 Å². The molecule has 1 aromatic carbocycles. The summed E-state index contributed by atoms with van der Waals surface area (Å²) in [5.74, 6) is -1.13. The standard InChI is InChI=1S/C25H35O7P/c1-33(26,18-11-5-2-6-12-18)32-21-20(19-17-27-24(29-19)13-7-3-8-14-24)28-23-22(21)30-25(31-23)15-9-4-10-16-25/h2,5-6,11-12,19-23H,3-4,7-10,13-17H2,1H3/t19-,20-,21+,22-,23-,33+/m1/s1. The second kappa shape index (κ2) is 8.70. The van der Waals surface area contributed by atoms with Crippen LogP contribution in [-0.4, -0.2) is 55.6 Å². The molecule has 6 rings (SSSR count). The summed E-state index contributed by atoms with van der Waals surface area (Å²) in [6.45, 7) is 2.11. The normalized spacial score (nSPS) is 39.0. The molecule has 8 heteroatoms. The fraction of sp³-hybridized carbons (Fsp3) is 0.760. The van der Waals surface area contributed by atoms with Crippen molar-refractivity contribution < 1.29 is 32.8 Å². The Balaban J connectivity index is 1.25. The lowest BCUT2D eigenvalue weighted by Crippen LogP contribution is -2.45. The van der Waals surface area contributed by atoms with E-state index < -0.39 is 43.5 Å². The third kappa shape index (κ3) is 4.24. The van der Waals surface area contributed by atoms with Crippen molar-refractivity contribution in [2.45, 2.75) is 106 Å². The molecule has 6 atom stereocenters. The van der Waals surface area contributed by atoms with Gasteiger partial charge in [0.15, 0.2) is 17.9 Å². The van der Waals surface area contributed by atoms with Gasteiger partial charge < -0.3 is 28.2 Å². The van der Waals surface area contributed by atoms with Crippen LogP contribution in [0, 0.1) is 0 Å². The molecule has 0 aromatic heterocycles. The van der Waals surface area contributed by atoms with Crippen LogP contribution in [0.5, 0.6) is 0 Å². The minimum Gasteiger partial charge on any atom is -0.347 e. The SMILES string of the molecule is C[P@](=O)(O[C@@H]1[C@H]2OC3(CCCCC3)O[C@H]2O[C@@H]1[C@H]1COC2(CCCCC2)O1)c1ccccc1. The molecular formula is C25H35O7P. The first-order chi connectivity index (χ1) is 16.0. The molecule has 2 spiro atoms. The van der Waals surface area contributed by atoms with E-state index in [0.717, 1.165) is 51.4 Å². The number of rotatable bonds is 4. The smallest absolute Gasteiger partial charge is 0.229 e. The molecule has 3 aliphatic heterocycles. The lowest BCUT2D eigenvalue weighted by atomic mass is 9.94. The van der Waals surface area contributed by atoms with Gasteiger partial charge in [0.1, 0.15) is 24.4 Å². The molecule has 7 nitrogen and oxygen atoms in total. The van der Waals surface area contributed by atoms with E-state index >= 15 is 0 Å². The van der Waals surface area contributed by atoms with Crippen molar-refractivity contribution in [1.29, 1.82) is 0 Å². The van der Waals surface area contributed by atoms with Gasteiger partial charge in [-0.3, -0.25) is 4.57 Å². The van der Waals surface area contributed by atoms with Gasteiger partial charge in [0, 0.05) is 37.7 Å². The van der Waals surface area contributed by atoms with Gasteiger partial charge in [-0.05, 0) is 37.8 Å². The van der Waals surface area contributed by atoms with E-state index in [9.17, 15) is 4.57 Å². The fourth-order valence-electron chi connectivity index (χ4n) is 6.19. The minimum atomic E-state index is -3.13. The van der Waals surface area contributed by atoms with Gasteiger partial charge in [0.05, 0.1) is 6.61 Å². The Morgan fingerprint density at radius 1 is 0.848 bits per heavy atom. The molecule has 0 N–H and O–H groups in total. The lowest BCUT2D eigenvalue weighted by molar-refractivity contribution is -0.258. The van der Waals surface area contributed by atoms with E-state index in [2.05, 4.69) is 0 Å². The molecule has 5 fully saturated rings. The maximum absolute atomic E-state index is 13.7. The van der Waals surface area contributed by atoms with Crippen molar-refractivity contribution >= 4 is 12.7 Å². The number of hydrogen-bond donors (Lipinski definition) is 0. The third-order valence-electron chi connectivity index (χ3n) is 7.91. The maximum atomic E-state index is 13.7. The molecule has 3 heterocycles. The van der Waals surface area contributed by atoms with Gasteiger partial charge in [0.2, 0.25) is 7.37 Å². The first-order valence-electron chi connectivity index (χ1n) is 12.6. The quantitative estimate of drug-likeness (QED) is 0.591. The van der Waals surface area contributed by atoms with Gasteiger partial charge in [-0.25, -0.2) is 0 Å². The van der Waals surface area contributed by atoms with Gasteiger partial charge in [-0.15, -0.1) is 0 Å². The van der Waals surface area contributed by atoms with Gasteiger partial charge >= 0.3 is 0 Å². The zero-order valence-corrected chi connectivity index (χ0v) is 20.3. The third-order valence-corrected chi connectivity index (χ3v) is 9.79. The molecule has 33 heavy (non-hydrogen) atoms. The molecule has 5 aliphatic rings. The summed E-state index contributed by atoms with van der Waals surface area (Å²) in [5, 5.41) is 0.686. The number of benzene rings is 1. The van der Waals surface area contributed by atoms with Crippen LogP contribution in [0.2, 0.25) is 0 Å². The largest absolute Gasteiger partial charge is 0.347 e. The zero-order valence-electron chi connectivity index (χ0n) is 19.4. The Hall–Kier alpha value is -0.790. The first-order valence-corrected chi connectivity index (χ1v) is 14.7. The lowest BCUT2D eigenvalue weighted by Gasteiger charge is -2.36. The van der Waals surface area contributed by atoms with Crippen molar-refractivity contribution in [3.05, 3.63) is 30.3 Å². The molecule has 1 aromatic rings. The molecule has 0 unspecified atom stereocenters. The Morgan fingerprint density at radius 2 is 1.52 bits per heavy atom. The molecule has 2 aliphatic carbocycles. The van der Waals surface area contributed by atoms with Crippen LogP contribution in [0.15, 0.2) is 30.3 Å². The highest BCUT2D eigenvalue weighted by molar-refractivity contribution is 7.66. The molecule has 0 amide bonds. The van der Waals surface area contributed by atoms with E-state index in [1.165, 1.54) is 12.8 Å². The topological polar surface area (TPSA) is 72.5 Å².